The van der Waals surface area contributed by atoms with Crippen LogP contribution in [0.25, 0.3) is 0 Å². The number of anilines is 1. The smallest absolute Gasteiger partial charge is 0.124 e. The monoisotopic (exact) mass is 203 g/mol. The van der Waals surface area contributed by atoms with E-state index < -0.39 is 0 Å². The quantitative estimate of drug-likeness (QED) is 0.606. The Labute approximate surface area is 90.5 Å². The van der Waals surface area contributed by atoms with E-state index in [1.807, 2.05) is 6.07 Å². The van der Waals surface area contributed by atoms with Crippen LogP contribution in [0.4, 0.5) is 5.69 Å². The molecule has 0 heterocycles. The highest BCUT2D eigenvalue weighted by Gasteiger charge is 2.35. The summed E-state index contributed by atoms with van der Waals surface area (Å²) in [4.78, 5) is 10.7. The second-order valence-corrected chi connectivity index (χ2v) is 4.61. The van der Waals surface area contributed by atoms with E-state index in [0.717, 1.165) is 12.0 Å². The van der Waals surface area contributed by atoms with Crippen molar-refractivity contribution in [1.82, 2.24) is 0 Å². The Morgan fingerprint density at radius 3 is 2.67 bits per heavy atom. The summed E-state index contributed by atoms with van der Waals surface area (Å²) in [6.45, 7) is 6.43. The van der Waals surface area contributed by atoms with E-state index >= 15 is 0 Å². The number of hydrogen-bond acceptors (Lipinski definition) is 2. The van der Waals surface area contributed by atoms with Crippen LogP contribution < -0.4 is 5.73 Å². The van der Waals surface area contributed by atoms with Crippen molar-refractivity contribution in [2.45, 2.75) is 39.0 Å². The van der Waals surface area contributed by atoms with Crippen LogP contribution >= 0.6 is 0 Å². The fourth-order valence-electron chi connectivity index (χ4n) is 2.48. The zero-order chi connectivity index (χ0) is 11.2. The van der Waals surface area contributed by atoms with Crippen LogP contribution in [-0.4, -0.2) is 6.29 Å². The molecule has 1 atom stereocenters. The van der Waals surface area contributed by atoms with Crippen molar-refractivity contribution in [2.24, 2.45) is 0 Å². The number of fused-ring (bicyclic) bond motifs is 1. The summed E-state index contributed by atoms with van der Waals surface area (Å²) in [5, 5.41) is 0. The highest BCUT2D eigenvalue weighted by molar-refractivity contribution is 5.74. The number of nitrogens with two attached hydrogens (primary N) is 1. The second kappa shape index (κ2) is 3.37. The van der Waals surface area contributed by atoms with Gasteiger partial charge in [-0.15, -0.1) is 0 Å². The second-order valence-electron chi connectivity index (χ2n) is 4.61. The Morgan fingerprint density at radius 1 is 1.47 bits per heavy atom. The molecule has 15 heavy (non-hydrogen) atoms. The van der Waals surface area contributed by atoms with Gasteiger partial charge in [-0.1, -0.05) is 20.8 Å². The molecule has 1 aromatic carbocycles. The molecule has 1 aliphatic carbocycles. The normalized spacial score (nSPS) is 17.7. The van der Waals surface area contributed by atoms with Gasteiger partial charge in [-0.05, 0) is 34.2 Å². The molecule has 0 saturated heterocycles. The maximum Gasteiger partial charge on any atom is 0.124 e. The average molecular weight is 203 g/mol. The van der Waals surface area contributed by atoms with Crippen LogP contribution in [0.3, 0.4) is 0 Å². The van der Waals surface area contributed by atoms with Crippen molar-refractivity contribution < 1.29 is 4.79 Å². The lowest BCUT2D eigenvalue weighted by Gasteiger charge is -2.11. The molecule has 0 amide bonds. The zero-order valence-corrected chi connectivity index (χ0v) is 9.50. The van der Waals surface area contributed by atoms with Crippen molar-refractivity contribution >= 4 is 12.0 Å². The molecule has 1 unspecified atom stereocenters. The first-order valence-electron chi connectivity index (χ1n) is 5.46. The molecule has 1 aliphatic rings. The Morgan fingerprint density at radius 2 is 2.13 bits per heavy atom. The molecule has 0 spiro atoms. The van der Waals surface area contributed by atoms with E-state index in [9.17, 15) is 4.79 Å². The Kier molecular flexibility index (Phi) is 2.29. The Balaban J connectivity index is 2.56. The summed E-state index contributed by atoms with van der Waals surface area (Å²) >= 11 is 0. The molecule has 2 nitrogen and oxygen atoms in total. The lowest BCUT2D eigenvalue weighted by molar-refractivity contribution is -0.107. The number of hydrogen-bond donors (Lipinski definition) is 1. The standard InChI is InChI=1S/C13H17NO/c1-7(2)10-6-11(14)13-8(3)12(13)9(10)4-5-15/h5-8H,4,14H2,1-3H3. The summed E-state index contributed by atoms with van der Waals surface area (Å²) in [5.41, 5.74) is 11.9. The van der Waals surface area contributed by atoms with Gasteiger partial charge in [0.05, 0.1) is 0 Å². The van der Waals surface area contributed by atoms with E-state index in [4.69, 9.17) is 5.73 Å². The van der Waals surface area contributed by atoms with Crippen LogP contribution in [0, 0.1) is 0 Å². The number of aldehydes is 1. The lowest BCUT2D eigenvalue weighted by atomic mass is 9.95. The van der Waals surface area contributed by atoms with E-state index in [2.05, 4.69) is 20.8 Å². The van der Waals surface area contributed by atoms with Crippen molar-refractivity contribution in [3.8, 4) is 0 Å². The van der Waals surface area contributed by atoms with E-state index in [1.165, 1.54) is 22.3 Å². The van der Waals surface area contributed by atoms with E-state index in [0.29, 0.717) is 18.3 Å². The van der Waals surface area contributed by atoms with Gasteiger partial charge < -0.3 is 10.5 Å². The van der Waals surface area contributed by atoms with Gasteiger partial charge in [0.15, 0.2) is 0 Å². The minimum Gasteiger partial charge on any atom is -0.398 e. The third kappa shape index (κ3) is 1.44. The Hall–Kier alpha value is -1.31. The summed E-state index contributed by atoms with van der Waals surface area (Å²) in [5.74, 6) is 0.896. The molecule has 2 rings (SSSR count). The number of benzene rings is 1. The van der Waals surface area contributed by atoms with Crippen molar-refractivity contribution in [3.05, 3.63) is 28.3 Å². The van der Waals surface area contributed by atoms with Gasteiger partial charge in [0.2, 0.25) is 0 Å². The van der Waals surface area contributed by atoms with Gasteiger partial charge in [0.1, 0.15) is 6.29 Å². The van der Waals surface area contributed by atoms with Crippen LogP contribution in [0.1, 0.15) is 54.9 Å². The number of rotatable bonds is 3. The molecule has 0 aromatic heterocycles. The van der Waals surface area contributed by atoms with Gasteiger partial charge in [-0.2, -0.15) is 0 Å². The minimum absolute atomic E-state index is 0.431. The summed E-state index contributed by atoms with van der Waals surface area (Å²) in [7, 11) is 0. The molecule has 0 fully saturated rings. The minimum atomic E-state index is 0.431. The molecule has 2 N–H and O–H groups in total. The first kappa shape index (κ1) is 10.2. The van der Waals surface area contributed by atoms with Gasteiger partial charge in [-0.25, -0.2) is 0 Å². The van der Waals surface area contributed by atoms with Crippen LogP contribution in [0.5, 0.6) is 0 Å². The zero-order valence-electron chi connectivity index (χ0n) is 9.50. The van der Waals surface area contributed by atoms with E-state index in [1.54, 1.807) is 0 Å². The molecule has 0 saturated carbocycles. The number of nitrogen functional groups attached to an aromatic ring is 1. The topological polar surface area (TPSA) is 43.1 Å². The fraction of sp³-hybridized carbons (Fsp3) is 0.462. The van der Waals surface area contributed by atoms with Gasteiger partial charge >= 0.3 is 0 Å². The summed E-state index contributed by atoms with van der Waals surface area (Å²) in [6.07, 6.45) is 1.52. The van der Waals surface area contributed by atoms with Crippen molar-refractivity contribution in [2.75, 3.05) is 5.73 Å². The highest BCUT2D eigenvalue weighted by atomic mass is 16.1. The first-order valence-corrected chi connectivity index (χ1v) is 5.46. The van der Waals surface area contributed by atoms with Crippen LogP contribution in [0.15, 0.2) is 6.07 Å². The maximum absolute atomic E-state index is 10.7. The lowest BCUT2D eigenvalue weighted by Crippen LogP contribution is -1.99. The van der Waals surface area contributed by atoms with Gasteiger partial charge in [0, 0.05) is 18.0 Å². The number of carbonyl (C=O) groups excluding carboxylic acids is 1. The molecule has 0 bridgehead atoms. The molecule has 2 heteroatoms. The molecular weight excluding hydrogens is 186 g/mol. The Bertz CT molecular complexity index is 421. The average Bonchev–Trinajstić information content (AvgIpc) is 2.83. The fourth-order valence-corrected chi connectivity index (χ4v) is 2.48. The summed E-state index contributed by atoms with van der Waals surface area (Å²) < 4.78 is 0. The summed E-state index contributed by atoms with van der Waals surface area (Å²) in [6, 6.07) is 2.05. The van der Waals surface area contributed by atoms with Crippen molar-refractivity contribution in [1.29, 1.82) is 0 Å². The molecule has 0 aliphatic heterocycles. The van der Waals surface area contributed by atoms with Gasteiger partial charge in [0.25, 0.3) is 0 Å². The highest BCUT2D eigenvalue weighted by Crippen LogP contribution is 2.51. The predicted octanol–water partition coefficient (Wildman–Crippen LogP) is 2.60. The maximum atomic E-state index is 10.7. The first-order chi connectivity index (χ1) is 7.07. The third-order valence-corrected chi connectivity index (χ3v) is 3.28. The molecular formula is C13H17NO. The molecule has 1 aromatic rings. The van der Waals surface area contributed by atoms with Crippen LogP contribution in [-0.2, 0) is 11.2 Å². The SMILES string of the molecule is CC(C)c1cc(N)c2c(c1CC=O)C2C. The number of carbonyl (C=O) groups is 1. The van der Waals surface area contributed by atoms with Crippen molar-refractivity contribution in [3.63, 3.8) is 0 Å². The molecule has 80 valence electrons. The van der Waals surface area contributed by atoms with Crippen LogP contribution in [0.2, 0.25) is 0 Å². The van der Waals surface area contributed by atoms with Gasteiger partial charge in [-0.3, -0.25) is 0 Å². The predicted molar refractivity (Wildman–Crippen MR) is 62.2 cm³/mol. The molecule has 0 radical (unpaired) electrons. The third-order valence-electron chi connectivity index (χ3n) is 3.28. The van der Waals surface area contributed by atoms with E-state index in [-0.39, 0.29) is 0 Å². The largest absolute Gasteiger partial charge is 0.398 e.